The molecule has 9 nitrogen and oxygen atoms in total. The number of aryl methyl sites for hydroxylation is 2. The van der Waals surface area contributed by atoms with E-state index in [9.17, 15) is 14.7 Å². The molecule has 4 rings (SSSR count). The number of aliphatic carboxylic acids is 1. The Labute approximate surface area is 180 Å². The number of rotatable bonds is 5. The van der Waals surface area contributed by atoms with Crippen LogP contribution in [-0.4, -0.2) is 69.3 Å². The minimum absolute atomic E-state index is 0.0226. The van der Waals surface area contributed by atoms with Crippen LogP contribution in [0.1, 0.15) is 32.0 Å². The molecule has 0 radical (unpaired) electrons. The third-order valence-electron chi connectivity index (χ3n) is 6.39. The van der Waals surface area contributed by atoms with Gasteiger partial charge in [0.25, 0.3) is 6.47 Å². The van der Waals surface area contributed by atoms with E-state index < -0.39 is 11.9 Å². The SMILES string of the molecule is CCc1nc2ccccc2n1CCC(=O)N1CC(C(=O)O)C2(CCOCC2)C1.O=CO. The lowest BCUT2D eigenvalue weighted by Gasteiger charge is -2.36. The zero-order chi connectivity index (χ0) is 22.4. The Bertz CT molecular complexity index is 934. The Morgan fingerprint density at radius 2 is 1.97 bits per heavy atom. The van der Waals surface area contributed by atoms with Crippen molar-refractivity contribution >= 4 is 29.4 Å². The van der Waals surface area contributed by atoms with Crippen molar-refractivity contribution in [2.75, 3.05) is 26.3 Å². The average Bonchev–Trinajstić information content (AvgIpc) is 3.31. The fraction of sp³-hybridized carbons (Fsp3) is 0.545. The predicted octanol–water partition coefficient (Wildman–Crippen LogP) is 2.03. The van der Waals surface area contributed by atoms with E-state index in [1.54, 1.807) is 4.90 Å². The van der Waals surface area contributed by atoms with Gasteiger partial charge in [0.2, 0.25) is 5.91 Å². The second-order valence-corrected chi connectivity index (χ2v) is 8.02. The third kappa shape index (κ3) is 4.71. The molecule has 3 heterocycles. The molecule has 1 aromatic heterocycles. The minimum atomic E-state index is -0.800. The lowest BCUT2D eigenvalue weighted by atomic mass is 9.72. The van der Waals surface area contributed by atoms with Crippen LogP contribution < -0.4 is 0 Å². The Kier molecular flexibility index (Phi) is 7.27. The number of ether oxygens (including phenoxy) is 1. The first kappa shape index (κ1) is 22.7. The summed E-state index contributed by atoms with van der Waals surface area (Å²) in [4.78, 5) is 39.5. The highest BCUT2D eigenvalue weighted by Gasteiger charge is 2.51. The summed E-state index contributed by atoms with van der Waals surface area (Å²) in [5.41, 5.74) is 1.65. The number of carboxylic acids is 1. The molecule has 1 atom stereocenters. The van der Waals surface area contributed by atoms with E-state index >= 15 is 0 Å². The first-order chi connectivity index (χ1) is 15.0. The van der Waals surface area contributed by atoms with E-state index in [1.165, 1.54) is 0 Å². The maximum Gasteiger partial charge on any atom is 0.308 e. The molecular formula is C22H29N3O6. The zero-order valence-electron chi connectivity index (χ0n) is 17.7. The van der Waals surface area contributed by atoms with Crippen LogP contribution in [0.25, 0.3) is 11.0 Å². The number of imidazole rings is 1. The molecule has 9 heteroatoms. The van der Waals surface area contributed by atoms with Gasteiger partial charge in [-0.25, -0.2) is 4.98 Å². The van der Waals surface area contributed by atoms with E-state index in [1.807, 2.05) is 24.3 Å². The number of benzene rings is 1. The summed E-state index contributed by atoms with van der Waals surface area (Å²) in [6.45, 7) is 4.36. The number of para-hydroxylation sites is 2. The van der Waals surface area contributed by atoms with Gasteiger partial charge in [-0.15, -0.1) is 0 Å². The van der Waals surface area contributed by atoms with Crippen molar-refractivity contribution in [3.8, 4) is 0 Å². The van der Waals surface area contributed by atoms with Gasteiger partial charge in [0, 0.05) is 51.1 Å². The average molecular weight is 431 g/mol. The number of likely N-dealkylation sites (tertiary alicyclic amines) is 1. The van der Waals surface area contributed by atoms with Crippen molar-refractivity contribution in [1.82, 2.24) is 14.5 Å². The summed E-state index contributed by atoms with van der Waals surface area (Å²) >= 11 is 0. The van der Waals surface area contributed by atoms with E-state index in [4.69, 9.17) is 14.6 Å². The second kappa shape index (κ2) is 9.91. The van der Waals surface area contributed by atoms with Crippen LogP contribution in [0.5, 0.6) is 0 Å². The van der Waals surface area contributed by atoms with Crippen LogP contribution in [0.15, 0.2) is 24.3 Å². The Morgan fingerprint density at radius 1 is 1.29 bits per heavy atom. The maximum atomic E-state index is 12.9. The smallest absolute Gasteiger partial charge is 0.308 e. The van der Waals surface area contributed by atoms with Gasteiger partial charge < -0.3 is 24.4 Å². The normalized spacial score (nSPS) is 19.8. The largest absolute Gasteiger partial charge is 0.483 e. The molecule has 1 amide bonds. The zero-order valence-corrected chi connectivity index (χ0v) is 17.7. The number of nitrogens with zero attached hydrogens (tertiary/aromatic N) is 3. The molecule has 2 fully saturated rings. The van der Waals surface area contributed by atoms with E-state index in [2.05, 4.69) is 16.5 Å². The summed E-state index contributed by atoms with van der Waals surface area (Å²) < 4.78 is 7.55. The highest BCUT2D eigenvalue weighted by atomic mass is 16.5. The van der Waals surface area contributed by atoms with Crippen LogP contribution in [0, 0.1) is 11.3 Å². The van der Waals surface area contributed by atoms with Crippen LogP contribution in [-0.2, 0) is 32.1 Å². The molecule has 2 N–H and O–H groups in total. The summed E-state index contributed by atoms with van der Waals surface area (Å²) in [5.74, 6) is -0.305. The molecule has 0 saturated carbocycles. The molecule has 0 aliphatic carbocycles. The van der Waals surface area contributed by atoms with Crippen molar-refractivity contribution in [3.05, 3.63) is 30.1 Å². The number of fused-ring (bicyclic) bond motifs is 1. The standard InChI is InChI=1S/C21H27N3O4.CH2O2/c1-2-18-22-16-5-3-4-6-17(16)24(18)10-7-19(25)23-13-15(20(26)27)21(14-23)8-11-28-12-9-21;2-1-3/h3-6,15H,2,7-14H2,1H3,(H,26,27);1H,(H,2,3). The number of aromatic nitrogens is 2. The monoisotopic (exact) mass is 431 g/mol. The van der Waals surface area contributed by atoms with Gasteiger partial charge >= 0.3 is 5.97 Å². The first-order valence-corrected chi connectivity index (χ1v) is 10.6. The fourth-order valence-corrected chi connectivity index (χ4v) is 4.79. The topological polar surface area (TPSA) is 122 Å². The summed E-state index contributed by atoms with van der Waals surface area (Å²) in [7, 11) is 0. The molecule has 1 aromatic carbocycles. The van der Waals surface area contributed by atoms with Crippen molar-refractivity contribution in [3.63, 3.8) is 0 Å². The quantitative estimate of drug-likeness (QED) is 0.695. The van der Waals surface area contributed by atoms with E-state index in [0.717, 1.165) is 23.3 Å². The van der Waals surface area contributed by atoms with Crippen molar-refractivity contribution in [2.24, 2.45) is 11.3 Å². The van der Waals surface area contributed by atoms with Gasteiger partial charge in [-0.05, 0) is 25.0 Å². The molecule has 31 heavy (non-hydrogen) atoms. The molecular weight excluding hydrogens is 402 g/mol. The predicted molar refractivity (Wildman–Crippen MR) is 113 cm³/mol. The number of carbonyl (C=O) groups excluding carboxylic acids is 1. The lowest BCUT2D eigenvalue weighted by Crippen LogP contribution is -2.40. The van der Waals surface area contributed by atoms with Crippen molar-refractivity contribution in [2.45, 2.75) is 39.2 Å². The second-order valence-electron chi connectivity index (χ2n) is 8.02. The van der Waals surface area contributed by atoms with Crippen LogP contribution in [0.3, 0.4) is 0 Å². The van der Waals surface area contributed by atoms with Crippen LogP contribution >= 0.6 is 0 Å². The maximum absolute atomic E-state index is 12.9. The van der Waals surface area contributed by atoms with Gasteiger partial charge in [0.05, 0.1) is 17.0 Å². The van der Waals surface area contributed by atoms with Crippen LogP contribution in [0.4, 0.5) is 0 Å². The van der Waals surface area contributed by atoms with Gasteiger partial charge in [0.15, 0.2) is 0 Å². The third-order valence-corrected chi connectivity index (χ3v) is 6.39. The molecule has 1 spiro atoms. The molecule has 0 bridgehead atoms. The number of amides is 1. The minimum Gasteiger partial charge on any atom is -0.483 e. The van der Waals surface area contributed by atoms with Gasteiger partial charge in [0.1, 0.15) is 5.82 Å². The molecule has 2 aliphatic heterocycles. The Morgan fingerprint density at radius 3 is 2.61 bits per heavy atom. The van der Waals surface area contributed by atoms with Crippen LogP contribution in [0.2, 0.25) is 0 Å². The van der Waals surface area contributed by atoms with Gasteiger partial charge in [-0.3, -0.25) is 14.4 Å². The van der Waals surface area contributed by atoms with Gasteiger partial charge in [-0.1, -0.05) is 19.1 Å². The number of carboxylic acid groups (broad SMARTS) is 2. The Balaban J connectivity index is 0.000000858. The summed E-state index contributed by atoms with van der Waals surface area (Å²) in [6, 6.07) is 7.96. The van der Waals surface area contributed by atoms with E-state index in [-0.39, 0.29) is 17.8 Å². The molecule has 2 saturated heterocycles. The fourth-order valence-electron chi connectivity index (χ4n) is 4.79. The van der Waals surface area contributed by atoms with Crippen molar-refractivity contribution in [1.29, 1.82) is 0 Å². The molecule has 2 aliphatic rings. The molecule has 2 aromatic rings. The highest BCUT2D eigenvalue weighted by molar-refractivity contribution is 5.80. The van der Waals surface area contributed by atoms with Gasteiger partial charge in [-0.2, -0.15) is 0 Å². The first-order valence-electron chi connectivity index (χ1n) is 10.6. The van der Waals surface area contributed by atoms with Crippen molar-refractivity contribution < 1.29 is 29.3 Å². The number of hydrogen-bond acceptors (Lipinski definition) is 5. The Hall–Kier alpha value is -2.94. The lowest BCUT2D eigenvalue weighted by molar-refractivity contribution is -0.147. The van der Waals surface area contributed by atoms with E-state index in [0.29, 0.717) is 52.1 Å². The summed E-state index contributed by atoms with van der Waals surface area (Å²) in [6.07, 6.45) is 2.57. The highest BCUT2D eigenvalue weighted by Crippen LogP contribution is 2.44. The number of hydrogen-bond donors (Lipinski definition) is 2. The summed E-state index contributed by atoms with van der Waals surface area (Å²) in [5, 5.41) is 16.6. The molecule has 168 valence electrons. The molecule has 1 unspecified atom stereocenters. The number of carbonyl (C=O) groups is 3.